The Kier molecular flexibility index (Phi) is 7.91. The number of ether oxygens (including phenoxy) is 3. The van der Waals surface area contributed by atoms with E-state index in [0.717, 1.165) is 48.2 Å². The molecule has 3 aliphatic rings. The fraction of sp³-hybridized carbons (Fsp3) is 0.419. The highest BCUT2D eigenvalue weighted by Gasteiger charge is 2.43. The summed E-state index contributed by atoms with van der Waals surface area (Å²) in [4.78, 5) is 29.1. The summed E-state index contributed by atoms with van der Waals surface area (Å²) in [6, 6.07) is 11.8. The zero-order chi connectivity index (χ0) is 26.8. The normalized spacial score (nSPS) is 18.1. The number of aryl methyl sites for hydroxylation is 1. The minimum absolute atomic E-state index is 0.0957. The highest BCUT2D eigenvalue weighted by Crippen LogP contribution is 2.51. The van der Waals surface area contributed by atoms with Crippen molar-refractivity contribution in [3.63, 3.8) is 0 Å². The molecule has 7 heteroatoms. The Labute approximate surface area is 229 Å². The maximum Gasteiger partial charge on any atom is 0.180 e. The molecule has 5 rings (SSSR count). The van der Waals surface area contributed by atoms with Crippen molar-refractivity contribution in [2.75, 3.05) is 27.4 Å². The van der Waals surface area contributed by atoms with E-state index < -0.39 is 5.92 Å². The van der Waals surface area contributed by atoms with Crippen LogP contribution in [-0.4, -0.2) is 43.8 Å². The Morgan fingerprint density at radius 1 is 0.921 bits per heavy atom. The number of ketones is 2. The second-order valence-corrected chi connectivity index (χ2v) is 10.6. The third-order valence-corrected chi connectivity index (χ3v) is 7.98. The van der Waals surface area contributed by atoms with Crippen LogP contribution < -0.4 is 9.47 Å². The largest absolute Gasteiger partial charge is 0.493 e. The molecular formula is C31H34ClNO5. The van der Waals surface area contributed by atoms with Crippen LogP contribution in [-0.2, 0) is 20.9 Å². The number of nitrogens with zero attached hydrogens (tertiary/aromatic N) is 1. The molecule has 2 aromatic rings. The van der Waals surface area contributed by atoms with E-state index in [0.29, 0.717) is 60.3 Å². The molecule has 2 aromatic carbocycles. The third-order valence-electron chi connectivity index (χ3n) is 7.69. The number of carbonyl (C=O) groups excluding carboxylic acids is 2. The summed E-state index contributed by atoms with van der Waals surface area (Å²) < 4.78 is 17.2. The first-order chi connectivity index (χ1) is 18.4. The Balaban J connectivity index is 1.58. The van der Waals surface area contributed by atoms with Gasteiger partial charge in [0.2, 0.25) is 0 Å². The van der Waals surface area contributed by atoms with E-state index in [1.807, 2.05) is 43.3 Å². The molecular weight excluding hydrogens is 502 g/mol. The molecule has 0 saturated heterocycles. The average Bonchev–Trinajstić information content (AvgIpc) is 2.91. The fourth-order valence-electron chi connectivity index (χ4n) is 5.89. The summed E-state index contributed by atoms with van der Waals surface area (Å²) in [5.74, 6) is 0.662. The summed E-state index contributed by atoms with van der Waals surface area (Å²) in [7, 11) is 3.25. The number of carbonyl (C=O) groups is 2. The monoisotopic (exact) mass is 535 g/mol. The quantitative estimate of drug-likeness (QED) is 0.395. The van der Waals surface area contributed by atoms with Crippen LogP contribution in [0.4, 0.5) is 0 Å². The van der Waals surface area contributed by atoms with E-state index in [9.17, 15) is 9.59 Å². The van der Waals surface area contributed by atoms with E-state index in [2.05, 4.69) is 4.90 Å². The Morgan fingerprint density at radius 3 is 2.13 bits per heavy atom. The van der Waals surface area contributed by atoms with E-state index in [4.69, 9.17) is 25.8 Å². The smallest absolute Gasteiger partial charge is 0.180 e. The SMILES string of the molecule is COCCN1C2=C(C(=O)CCC2)C(c2cc(Cl)c(OCc3ccc(C)cc3)c(OC)c2)C2=C1CCCC2=O. The number of methoxy groups -OCH3 is 2. The predicted molar refractivity (Wildman–Crippen MR) is 147 cm³/mol. The molecule has 0 atom stereocenters. The van der Waals surface area contributed by atoms with Gasteiger partial charge in [-0.3, -0.25) is 9.59 Å². The van der Waals surface area contributed by atoms with E-state index in [1.165, 1.54) is 5.56 Å². The lowest BCUT2D eigenvalue weighted by Crippen LogP contribution is -2.40. The Hall–Kier alpha value is -3.09. The van der Waals surface area contributed by atoms with Crippen LogP contribution in [0, 0.1) is 6.92 Å². The molecule has 0 unspecified atom stereocenters. The molecule has 0 bridgehead atoms. The van der Waals surface area contributed by atoms with Crippen LogP contribution in [0.25, 0.3) is 0 Å². The molecule has 0 amide bonds. The highest BCUT2D eigenvalue weighted by atomic mass is 35.5. The number of rotatable bonds is 8. The second-order valence-electron chi connectivity index (χ2n) is 10.2. The molecule has 0 saturated carbocycles. The maximum absolute atomic E-state index is 13.5. The lowest BCUT2D eigenvalue weighted by Gasteiger charge is -2.44. The van der Waals surface area contributed by atoms with Crippen molar-refractivity contribution in [3.05, 3.63) is 80.7 Å². The molecule has 0 spiro atoms. The van der Waals surface area contributed by atoms with Crippen molar-refractivity contribution in [1.29, 1.82) is 0 Å². The van der Waals surface area contributed by atoms with Crippen LogP contribution in [0.3, 0.4) is 0 Å². The molecule has 2 aliphatic carbocycles. The van der Waals surface area contributed by atoms with Crippen LogP contribution >= 0.6 is 11.6 Å². The van der Waals surface area contributed by atoms with E-state index in [1.54, 1.807) is 14.2 Å². The number of hydrogen-bond acceptors (Lipinski definition) is 6. The number of halogens is 1. The van der Waals surface area contributed by atoms with E-state index in [-0.39, 0.29) is 11.6 Å². The summed E-state index contributed by atoms with van der Waals surface area (Å²) in [5, 5.41) is 0.393. The molecule has 6 nitrogen and oxygen atoms in total. The topological polar surface area (TPSA) is 65.1 Å². The van der Waals surface area contributed by atoms with Gasteiger partial charge in [-0.25, -0.2) is 0 Å². The van der Waals surface area contributed by atoms with Crippen molar-refractivity contribution in [3.8, 4) is 11.5 Å². The third kappa shape index (κ3) is 4.99. The van der Waals surface area contributed by atoms with Gasteiger partial charge in [0.15, 0.2) is 23.1 Å². The van der Waals surface area contributed by atoms with Crippen molar-refractivity contribution < 1.29 is 23.8 Å². The molecule has 0 aromatic heterocycles. The average molecular weight is 536 g/mol. The van der Waals surface area contributed by atoms with Gasteiger partial charge in [-0.15, -0.1) is 0 Å². The Bertz CT molecular complexity index is 1270. The lowest BCUT2D eigenvalue weighted by atomic mass is 9.71. The van der Waals surface area contributed by atoms with Crippen LogP contribution in [0.15, 0.2) is 58.9 Å². The molecule has 1 aliphatic heterocycles. The molecule has 0 N–H and O–H groups in total. The number of hydrogen-bond donors (Lipinski definition) is 0. The molecule has 200 valence electrons. The van der Waals surface area contributed by atoms with Gasteiger partial charge in [-0.2, -0.15) is 0 Å². The van der Waals surface area contributed by atoms with Gasteiger partial charge in [0, 0.05) is 55.0 Å². The summed E-state index contributed by atoms with van der Waals surface area (Å²) >= 11 is 6.81. The van der Waals surface area contributed by atoms with Gasteiger partial charge in [0.25, 0.3) is 0 Å². The zero-order valence-corrected chi connectivity index (χ0v) is 23.0. The minimum Gasteiger partial charge on any atom is -0.493 e. The van der Waals surface area contributed by atoms with Crippen LogP contribution in [0.1, 0.15) is 61.1 Å². The first-order valence-electron chi connectivity index (χ1n) is 13.3. The molecule has 38 heavy (non-hydrogen) atoms. The summed E-state index contributed by atoms with van der Waals surface area (Å²) in [6.07, 6.45) is 4.17. The van der Waals surface area contributed by atoms with Gasteiger partial charge < -0.3 is 19.1 Å². The van der Waals surface area contributed by atoms with Crippen molar-refractivity contribution in [2.45, 2.75) is 58.0 Å². The lowest BCUT2D eigenvalue weighted by molar-refractivity contribution is -0.117. The van der Waals surface area contributed by atoms with Crippen LogP contribution in [0.2, 0.25) is 5.02 Å². The van der Waals surface area contributed by atoms with Gasteiger partial charge in [-0.1, -0.05) is 41.4 Å². The molecule has 0 radical (unpaired) electrons. The highest BCUT2D eigenvalue weighted by molar-refractivity contribution is 6.32. The minimum atomic E-state index is -0.461. The summed E-state index contributed by atoms with van der Waals surface area (Å²) in [6.45, 7) is 3.53. The van der Waals surface area contributed by atoms with Gasteiger partial charge in [0.1, 0.15) is 6.61 Å². The van der Waals surface area contributed by atoms with Crippen LogP contribution in [0.5, 0.6) is 11.5 Å². The van der Waals surface area contributed by atoms with Gasteiger partial charge in [0.05, 0.1) is 18.7 Å². The van der Waals surface area contributed by atoms with Gasteiger partial charge in [-0.05, 0) is 55.9 Å². The van der Waals surface area contributed by atoms with E-state index >= 15 is 0 Å². The fourth-order valence-corrected chi connectivity index (χ4v) is 6.16. The standard InChI is InChI=1S/C31H34ClNO5/c1-19-10-12-20(13-11-19)18-38-31-22(32)16-21(17-27(31)37-3)28-29-23(6-4-8-25(29)34)33(14-15-36-2)24-7-5-9-26(35)30(24)28/h10-13,16-17,28H,4-9,14-15,18H2,1-3H3. The molecule has 1 heterocycles. The first kappa shape index (κ1) is 26.5. The maximum atomic E-state index is 13.5. The predicted octanol–water partition coefficient (Wildman–Crippen LogP) is 6.30. The first-order valence-corrected chi connectivity index (χ1v) is 13.7. The molecule has 0 fully saturated rings. The number of Topliss-reactive ketones (excluding diaryl/α,β-unsaturated/α-hetero) is 2. The Morgan fingerprint density at radius 2 is 1.55 bits per heavy atom. The second kappa shape index (κ2) is 11.3. The number of allylic oxidation sites excluding steroid dienone is 4. The van der Waals surface area contributed by atoms with Gasteiger partial charge >= 0.3 is 0 Å². The zero-order valence-electron chi connectivity index (χ0n) is 22.3. The van der Waals surface area contributed by atoms with Crippen molar-refractivity contribution in [1.82, 2.24) is 4.90 Å². The van der Waals surface area contributed by atoms with Crippen molar-refractivity contribution in [2.24, 2.45) is 0 Å². The number of benzene rings is 2. The summed E-state index contributed by atoms with van der Waals surface area (Å²) in [5.41, 5.74) is 6.45. The van der Waals surface area contributed by atoms with Crippen molar-refractivity contribution >= 4 is 23.2 Å².